The zero-order valence-corrected chi connectivity index (χ0v) is 33.8. The van der Waals surface area contributed by atoms with Crippen LogP contribution in [0, 0.1) is 31.6 Å². The predicted molar refractivity (Wildman–Crippen MR) is 210 cm³/mol. The second kappa shape index (κ2) is 21.9. The maximum atomic E-state index is 14.3. The van der Waals surface area contributed by atoms with Crippen LogP contribution in [-0.4, -0.2) is 25.3 Å². The van der Waals surface area contributed by atoms with E-state index in [1.807, 2.05) is 12.1 Å². The molecule has 0 radical (unpaired) electrons. The molecule has 5 heteroatoms. The first kappa shape index (κ1) is 42.1. The van der Waals surface area contributed by atoms with E-state index >= 15 is 0 Å². The summed E-state index contributed by atoms with van der Waals surface area (Å²) < 4.78 is 20.0. The molecule has 2 aromatic carbocycles. The minimum atomic E-state index is -0.111. The average Bonchev–Trinajstić information content (AvgIpc) is 3.05. The first-order chi connectivity index (χ1) is 22.9. The molecule has 4 atom stereocenters. The fourth-order valence-electron chi connectivity index (χ4n) is 6.25. The molecule has 0 spiro atoms. The maximum Gasteiger partial charge on any atom is 0.186 e. The highest BCUT2D eigenvalue weighted by molar-refractivity contribution is 7.66. The number of carbonyl (C=O) groups excluding carboxylic acids is 1. The van der Waals surface area contributed by atoms with Gasteiger partial charge in [0.25, 0.3) is 0 Å². The zero-order valence-electron chi connectivity index (χ0n) is 32.8. The summed E-state index contributed by atoms with van der Waals surface area (Å²) >= 11 is 0. The minimum absolute atomic E-state index is 0.0196. The SMILES string of the molecule is CCCCC(CC)COc1cc(OCC(CC)CCCC)c(PC(=O)c2c(C)cc(C(C)(C)C)cc2C)c(OCC(CC)CCCC)c1. The van der Waals surface area contributed by atoms with Gasteiger partial charge in [-0.2, -0.15) is 0 Å². The molecular formula is C43H71O4P. The number of ether oxygens (including phenoxy) is 3. The van der Waals surface area contributed by atoms with Crippen LogP contribution in [0.2, 0.25) is 0 Å². The standard InChI is InChI=1S/C43H71O4P/c1-12-18-21-33(15-4)28-45-37-26-38(46-29-34(16-5)22-19-13-2)41(39(27-37)47-30-35(17-6)23-20-14-3)48-42(44)40-31(7)24-36(25-32(40)8)43(9,10)11/h24-27,33-35,48H,12-23,28-30H2,1-11H3. The highest BCUT2D eigenvalue weighted by Crippen LogP contribution is 2.38. The van der Waals surface area contributed by atoms with Gasteiger partial charge >= 0.3 is 0 Å². The Morgan fingerprint density at radius 1 is 0.646 bits per heavy atom. The van der Waals surface area contributed by atoms with E-state index in [1.54, 1.807) is 0 Å². The van der Waals surface area contributed by atoms with Crippen molar-refractivity contribution in [3.63, 3.8) is 0 Å². The molecule has 4 unspecified atom stereocenters. The third-order valence-electron chi connectivity index (χ3n) is 9.97. The van der Waals surface area contributed by atoms with Crippen molar-refractivity contribution in [2.75, 3.05) is 19.8 Å². The molecular weight excluding hydrogens is 611 g/mol. The highest BCUT2D eigenvalue weighted by Gasteiger charge is 2.24. The van der Waals surface area contributed by atoms with E-state index in [-0.39, 0.29) is 19.5 Å². The van der Waals surface area contributed by atoms with Crippen molar-refractivity contribution in [2.24, 2.45) is 17.8 Å². The lowest BCUT2D eigenvalue weighted by molar-refractivity contribution is 0.108. The highest BCUT2D eigenvalue weighted by atomic mass is 31.1. The van der Waals surface area contributed by atoms with Gasteiger partial charge in [-0.1, -0.05) is 132 Å². The van der Waals surface area contributed by atoms with Gasteiger partial charge in [0.2, 0.25) is 0 Å². The van der Waals surface area contributed by atoms with Gasteiger partial charge in [-0.05, 0) is 81.5 Å². The average molecular weight is 683 g/mol. The van der Waals surface area contributed by atoms with Gasteiger partial charge in [-0.25, -0.2) is 0 Å². The van der Waals surface area contributed by atoms with Crippen LogP contribution >= 0.6 is 8.58 Å². The zero-order chi connectivity index (χ0) is 35.7. The molecule has 2 rings (SSSR count). The Balaban J connectivity index is 2.61. The summed E-state index contributed by atoms with van der Waals surface area (Å²) in [6.45, 7) is 26.3. The van der Waals surface area contributed by atoms with Crippen LogP contribution in [0.5, 0.6) is 17.2 Å². The molecule has 0 bridgehead atoms. The van der Waals surface area contributed by atoms with E-state index in [4.69, 9.17) is 14.2 Å². The summed E-state index contributed by atoms with van der Waals surface area (Å²) in [5, 5.41) is 0.875. The Bertz CT molecular complexity index is 1170. The van der Waals surface area contributed by atoms with Gasteiger partial charge in [0.1, 0.15) is 17.2 Å². The van der Waals surface area contributed by atoms with Crippen molar-refractivity contribution in [1.29, 1.82) is 0 Å². The van der Waals surface area contributed by atoms with Gasteiger partial charge in [0, 0.05) is 17.7 Å². The normalized spacial score (nSPS) is 13.9. The fourth-order valence-corrected chi connectivity index (χ4v) is 7.54. The molecule has 272 valence electrons. The molecule has 0 aliphatic carbocycles. The number of unbranched alkanes of at least 4 members (excludes halogenated alkanes) is 3. The largest absolute Gasteiger partial charge is 0.493 e. The van der Waals surface area contributed by atoms with E-state index in [0.717, 1.165) is 71.3 Å². The van der Waals surface area contributed by atoms with Crippen LogP contribution in [0.3, 0.4) is 0 Å². The lowest BCUT2D eigenvalue weighted by Crippen LogP contribution is -2.20. The molecule has 0 aliphatic rings. The van der Waals surface area contributed by atoms with Crippen molar-refractivity contribution in [1.82, 2.24) is 0 Å². The summed E-state index contributed by atoms with van der Waals surface area (Å²) in [5.74, 6) is 3.72. The quantitative estimate of drug-likeness (QED) is 0.103. The van der Waals surface area contributed by atoms with Crippen LogP contribution in [0.15, 0.2) is 24.3 Å². The minimum Gasteiger partial charge on any atom is -0.493 e. The molecule has 0 fully saturated rings. The predicted octanol–water partition coefficient (Wildman–Crippen LogP) is 12.5. The van der Waals surface area contributed by atoms with Crippen molar-refractivity contribution < 1.29 is 19.0 Å². The van der Waals surface area contributed by atoms with E-state index in [2.05, 4.69) is 88.3 Å². The second-order valence-electron chi connectivity index (χ2n) is 15.2. The van der Waals surface area contributed by atoms with Crippen LogP contribution in [0.1, 0.15) is 166 Å². The van der Waals surface area contributed by atoms with Gasteiger partial charge in [-0.15, -0.1) is 0 Å². The molecule has 0 aliphatic heterocycles. The summed E-state index contributed by atoms with van der Waals surface area (Å²) in [5.41, 5.74) is 4.31. The van der Waals surface area contributed by atoms with Crippen molar-refractivity contribution in [2.45, 2.75) is 159 Å². The van der Waals surface area contributed by atoms with Crippen LogP contribution in [0.25, 0.3) is 0 Å². The van der Waals surface area contributed by atoms with E-state index in [9.17, 15) is 4.79 Å². The Kier molecular flexibility index (Phi) is 19.2. The number of rotatable bonds is 24. The summed E-state index contributed by atoms with van der Waals surface area (Å²) in [7, 11) is -0.111. The van der Waals surface area contributed by atoms with Crippen LogP contribution in [-0.2, 0) is 5.41 Å². The van der Waals surface area contributed by atoms with Crippen molar-refractivity contribution >= 4 is 19.4 Å². The number of aryl methyl sites for hydroxylation is 2. The van der Waals surface area contributed by atoms with Gasteiger partial charge in [0.15, 0.2) is 5.52 Å². The molecule has 0 heterocycles. The lowest BCUT2D eigenvalue weighted by Gasteiger charge is -2.24. The Hall–Kier alpha value is -2.06. The van der Waals surface area contributed by atoms with Crippen molar-refractivity contribution in [3.05, 3.63) is 46.5 Å². The Morgan fingerprint density at radius 3 is 1.40 bits per heavy atom. The van der Waals surface area contributed by atoms with Gasteiger partial charge < -0.3 is 14.2 Å². The molecule has 2 aromatic rings. The van der Waals surface area contributed by atoms with Gasteiger partial charge in [-0.3, -0.25) is 4.79 Å². The third-order valence-corrected chi connectivity index (χ3v) is 11.2. The Labute approximate surface area is 297 Å². The maximum absolute atomic E-state index is 14.3. The topological polar surface area (TPSA) is 44.8 Å². The summed E-state index contributed by atoms with van der Waals surface area (Å²) in [6.07, 6.45) is 13.9. The Morgan fingerprint density at radius 2 is 1.04 bits per heavy atom. The first-order valence-electron chi connectivity index (χ1n) is 19.4. The number of benzene rings is 2. The van der Waals surface area contributed by atoms with E-state index < -0.39 is 0 Å². The summed E-state index contributed by atoms with van der Waals surface area (Å²) in [6, 6.07) is 8.47. The molecule has 0 saturated carbocycles. The number of hydrogen-bond donors (Lipinski definition) is 0. The van der Waals surface area contributed by atoms with Crippen LogP contribution < -0.4 is 19.5 Å². The molecule has 0 N–H and O–H groups in total. The van der Waals surface area contributed by atoms with Gasteiger partial charge in [0.05, 0.1) is 25.1 Å². The fraction of sp³-hybridized carbons (Fsp3) is 0.698. The second-order valence-corrected chi connectivity index (χ2v) is 16.4. The molecule has 0 amide bonds. The van der Waals surface area contributed by atoms with E-state index in [1.165, 1.54) is 50.5 Å². The number of carbonyl (C=O) groups is 1. The molecule has 0 saturated heterocycles. The van der Waals surface area contributed by atoms with Crippen LogP contribution in [0.4, 0.5) is 0 Å². The molecule has 4 nitrogen and oxygen atoms in total. The lowest BCUT2D eigenvalue weighted by atomic mass is 9.84. The van der Waals surface area contributed by atoms with E-state index in [0.29, 0.717) is 37.6 Å². The summed E-state index contributed by atoms with van der Waals surface area (Å²) in [4.78, 5) is 14.3. The molecule has 0 aromatic heterocycles. The number of hydrogen-bond acceptors (Lipinski definition) is 4. The first-order valence-corrected chi connectivity index (χ1v) is 20.4. The van der Waals surface area contributed by atoms with Crippen molar-refractivity contribution in [3.8, 4) is 17.2 Å². The third kappa shape index (κ3) is 13.7. The molecule has 48 heavy (non-hydrogen) atoms. The monoisotopic (exact) mass is 683 g/mol. The smallest absolute Gasteiger partial charge is 0.186 e.